The van der Waals surface area contributed by atoms with Gasteiger partial charge in [0.2, 0.25) is 10.0 Å². The average molecular weight is 300 g/mol. The summed E-state index contributed by atoms with van der Waals surface area (Å²) < 4.78 is 26.7. The highest BCUT2D eigenvalue weighted by molar-refractivity contribution is 7.89. The molecule has 1 aliphatic carbocycles. The monoisotopic (exact) mass is 300 g/mol. The maximum Gasteiger partial charge on any atom is 0.244 e. The average Bonchev–Trinajstić information content (AvgIpc) is 2.88. The van der Waals surface area contributed by atoms with Crippen LogP contribution >= 0.6 is 11.3 Å². The lowest BCUT2D eigenvalue weighted by molar-refractivity contribution is 0.408. The molecule has 0 aromatic carbocycles. The van der Waals surface area contributed by atoms with Crippen molar-refractivity contribution in [3.63, 3.8) is 0 Å². The fourth-order valence-electron chi connectivity index (χ4n) is 2.52. The van der Waals surface area contributed by atoms with Crippen molar-refractivity contribution in [2.24, 2.45) is 0 Å². The molecule has 0 bridgehead atoms. The van der Waals surface area contributed by atoms with Crippen LogP contribution in [0, 0.1) is 0 Å². The molecule has 2 fully saturated rings. The lowest BCUT2D eigenvalue weighted by atomic mass is 10.3. The SMILES string of the molecule is CC1CCCN1S(=O)(=O)c1csc(CNC2CC2)c1. The molecule has 2 aliphatic rings. The molecule has 1 atom stereocenters. The summed E-state index contributed by atoms with van der Waals surface area (Å²) >= 11 is 1.54. The van der Waals surface area contributed by atoms with Crippen LogP contribution in [0.2, 0.25) is 0 Å². The van der Waals surface area contributed by atoms with Crippen LogP contribution in [-0.2, 0) is 16.6 Å². The van der Waals surface area contributed by atoms with Crippen molar-refractivity contribution < 1.29 is 8.42 Å². The zero-order chi connectivity index (χ0) is 13.5. The Kier molecular flexibility index (Phi) is 3.68. The molecule has 3 rings (SSSR count). The Morgan fingerprint density at radius 3 is 2.84 bits per heavy atom. The van der Waals surface area contributed by atoms with Crippen molar-refractivity contribution >= 4 is 21.4 Å². The van der Waals surface area contributed by atoms with Crippen LogP contribution in [0.3, 0.4) is 0 Å². The molecule has 0 spiro atoms. The second-order valence-corrected chi connectivity index (χ2v) is 8.40. The Labute approximate surface area is 118 Å². The van der Waals surface area contributed by atoms with Crippen molar-refractivity contribution in [2.75, 3.05) is 6.54 Å². The van der Waals surface area contributed by atoms with Crippen LogP contribution in [0.15, 0.2) is 16.3 Å². The van der Waals surface area contributed by atoms with Crippen molar-refractivity contribution in [1.82, 2.24) is 9.62 Å². The number of rotatable bonds is 5. The summed E-state index contributed by atoms with van der Waals surface area (Å²) in [6.07, 6.45) is 4.45. The fraction of sp³-hybridized carbons (Fsp3) is 0.692. The molecule has 0 amide bonds. The van der Waals surface area contributed by atoms with Gasteiger partial charge in [0, 0.05) is 35.4 Å². The molecular formula is C13H20N2O2S2. The van der Waals surface area contributed by atoms with Crippen LogP contribution in [-0.4, -0.2) is 31.4 Å². The highest BCUT2D eigenvalue weighted by atomic mass is 32.2. The molecule has 19 heavy (non-hydrogen) atoms. The van der Waals surface area contributed by atoms with Gasteiger partial charge in [-0.05, 0) is 38.7 Å². The summed E-state index contributed by atoms with van der Waals surface area (Å²) in [6, 6.07) is 2.62. The fourth-order valence-corrected chi connectivity index (χ4v) is 5.43. The van der Waals surface area contributed by atoms with E-state index in [0.717, 1.165) is 24.3 Å². The van der Waals surface area contributed by atoms with E-state index >= 15 is 0 Å². The van der Waals surface area contributed by atoms with Gasteiger partial charge in [-0.2, -0.15) is 4.31 Å². The van der Waals surface area contributed by atoms with Gasteiger partial charge >= 0.3 is 0 Å². The third-order valence-corrected chi connectivity index (χ3v) is 6.95. The van der Waals surface area contributed by atoms with Gasteiger partial charge in [-0.15, -0.1) is 11.3 Å². The first-order valence-electron chi connectivity index (χ1n) is 6.90. The van der Waals surface area contributed by atoms with Gasteiger partial charge in [-0.25, -0.2) is 8.42 Å². The predicted octanol–water partition coefficient (Wildman–Crippen LogP) is 2.17. The van der Waals surface area contributed by atoms with E-state index in [9.17, 15) is 8.42 Å². The Hall–Kier alpha value is -0.430. The predicted molar refractivity (Wildman–Crippen MR) is 76.8 cm³/mol. The minimum atomic E-state index is -3.27. The minimum absolute atomic E-state index is 0.137. The highest BCUT2D eigenvalue weighted by Crippen LogP contribution is 2.29. The topological polar surface area (TPSA) is 49.4 Å². The molecule has 1 N–H and O–H groups in total. The first kappa shape index (κ1) is 13.5. The van der Waals surface area contributed by atoms with E-state index in [1.165, 1.54) is 24.2 Å². The van der Waals surface area contributed by atoms with E-state index in [2.05, 4.69) is 5.32 Å². The van der Waals surface area contributed by atoms with Crippen molar-refractivity contribution in [2.45, 2.75) is 56.1 Å². The number of hydrogen-bond acceptors (Lipinski definition) is 4. The summed E-state index contributed by atoms with van der Waals surface area (Å²) in [7, 11) is -3.27. The van der Waals surface area contributed by atoms with Gasteiger partial charge < -0.3 is 5.32 Å². The third-order valence-electron chi connectivity index (χ3n) is 3.87. The molecule has 0 radical (unpaired) electrons. The van der Waals surface area contributed by atoms with Gasteiger partial charge in [0.05, 0.1) is 4.90 Å². The number of thiophene rings is 1. The summed E-state index contributed by atoms with van der Waals surface area (Å²) in [5.41, 5.74) is 0. The van der Waals surface area contributed by atoms with Gasteiger partial charge in [0.1, 0.15) is 0 Å². The first-order valence-corrected chi connectivity index (χ1v) is 9.22. The number of nitrogens with zero attached hydrogens (tertiary/aromatic N) is 1. The second kappa shape index (κ2) is 5.16. The van der Waals surface area contributed by atoms with Crippen LogP contribution in [0.4, 0.5) is 0 Å². The maximum absolute atomic E-state index is 12.5. The number of sulfonamides is 1. The lowest BCUT2D eigenvalue weighted by Gasteiger charge is -2.19. The van der Waals surface area contributed by atoms with Crippen LogP contribution in [0.1, 0.15) is 37.5 Å². The molecule has 1 aliphatic heterocycles. The van der Waals surface area contributed by atoms with E-state index in [4.69, 9.17) is 0 Å². The van der Waals surface area contributed by atoms with Crippen molar-refractivity contribution in [1.29, 1.82) is 0 Å². The Bertz CT molecular complexity index is 549. The van der Waals surface area contributed by atoms with E-state index in [-0.39, 0.29) is 6.04 Å². The van der Waals surface area contributed by atoms with E-state index < -0.39 is 10.0 Å². The molecule has 1 aromatic heterocycles. The number of hydrogen-bond donors (Lipinski definition) is 1. The second-order valence-electron chi connectivity index (χ2n) is 5.51. The zero-order valence-electron chi connectivity index (χ0n) is 11.1. The molecule has 2 heterocycles. The molecule has 1 saturated heterocycles. The standard InChI is InChI=1S/C13H20N2O2S2/c1-10-3-2-6-15(10)19(16,17)13-7-12(18-9-13)8-14-11-4-5-11/h7,9-11,14H,2-6,8H2,1H3. The van der Waals surface area contributed by atoms with Crippen LogP contribution in [0.5, 0.6) is 0 Å². The molecule has 1 aromatic rings. The molecule has 106 valence electrons. The summed E-state index contributed by atoms with van der Waals surface area (Å²) in [6.45, 7) is 3.45. The molecule has 1 saturated carbocycles. The summed E-state index contributed by atoms with van der Waals surface area (Å²) in [5, 5.41) is 5.20. The van der Waals surface area contributed by atoms with E-state index in [0.29, 0.717) is 17.5 Å². The van der Waals surface area contributed by atoms with E-state index in [1.807, 2.05) is 13.0 Å². The van der Waals surface area contributed by atoms with Crippen molar-refractivity contribution in [3.05, 3.63) is 16.3 Å². The zero-order valence-corrected chi connectivity index (χ0v) is 12.8. The summed E-state index contributed by atoms with van der Waals surface area (Å²) in [4.78, 5) is 1.58. The van der Waals surface area contributed by atoms with Gasteiger partial charge in [0.25, 0.3) is 0 Å². The van der Waals surface area contributed by atoms with Gasteiger partial charge in [-0.1, -0.05) is 0 Å². The number of nitrogens with one attached hydrogen (secondary N) is 1. The van der Waals surface area contributed by atoms with Crippen molar-refractivity contribution in [3.8, 4) is 0 Å². The van der Waals surface area contributed by atoms with Gasteiger partial charge in [0.15, 0.2) is 0 Å². The Balaban J connectivity index is 1.73. The molecule has 6 heteroatoms. The van der Waals surface area contributed by atoms with Crippen LogP contribution in [0.25, 0.3) is 0 Å². The normalized spacial score (nSPS) is 25.0. The summed E-state index contributed by atoms with van der Waals surface area (Å²) in [5.74, 6) is 0. The molecule has 4 nitrogen and oxygen atoms in total. The largest absolute Gasteiger partial charge is 0.309 e. The lowest BCUT2D eigenvalue weighted by Crippen LogP contribution is -2.33. The maximum atomic E-state index is 12.5. The first-order chi connectivity index (χ1) is 9.07. The Morgan fingerprint density at radius 2 is 2.21 bits per heavy atom. The quantitative estimate of drug-likeness (QED) is 0.906. The minimum Gasteiger partial charge on any atom is -0.309 e. The smallest absolute Gasteiger partial charge is 0.244 e. The van der Waals surface area contributed by atoms with Crippen LogP contribution < -0.4 is 5.32 Å². The third kappa shape index (κ3) is 2.86. The molecule has 1 unspecified atom stereocenters. The van der Waals surface area contributed by atoms with Gasteiger partial charge in [-0.3, -0.25) is 0 Å². The van der Waals surface area contributed by atoms with E-state index in [1.54, 1.807) is 9.69 Å². The highest BCUT2D eigenvalue weighted by Gasteiger charge is 2.33. The Morgan fingerprint density at radius 1 is 1.42 bits per heavy atom. The molecular weight excluding hydrogens is 280 g/mol.